The van der Waals surface area contributed by atoms with Gasteiger partial charge in [-0.1, -0.05) is 42.0 Å². The van der Waals surface area contributed by atoms with Gasteiger partial charge in [0.1, 0.15) is 12.4 Å². The molecule has 3 nitrogen and oxygen atoms in total. The van der Waals surface area contributed by atoms with Gasteiger partial charge in [0.15, 0.2) is 0 Å². The molecule has 0 aliphatic carbocycles. The minimum Gasteiger partial charge on any atom is -0.488 e. The molecule has 1 aliphatic rings. The number of aryl methyl sites for hydroxylation is 1. The number of amides is 1. The molecule has 0 fully saturated rings. The molecule has 3 heteroatoms. The second-order valence-corrected chi connectivity index (χ2v) is 5.19. The molecule has 1 amide bonds. The van der Waals surface area contributed by atoms with Crippen molar-refractivity contribution in [1.29, 1.82) is 0 Å². The SMILES string of the molecule is CC(=O)NC1=C(c2ccc(C)cc2)COc2ccccc21. The quantitative estimate of drug-likeness (QED) is 0.915. The maximum absolute atomic E-state index is 11.6. The van der Waals surface area contributed by atoms with Gasteiger partial charge in [0, 0.05) is 18.1 Å². The number of hydrogen-bond donors (Lipinski definition) is 1. The fourth-order valence-corrected chi connectivity index (χ4v) is 2.48. The molecule has 0 saturated heterocycles. The summed E-state index contributed by atoms with van der Waals surface area (Å²) in [5.41, 5.74) is 5.04. The monoisotopic (exact) mass is 279 g/mol. The molecule has 2 aromatic rings. The summed E-state index contributed by atoms with van der Waals surface area (Å²) in [7, 11) is 0. The van der Waals surface area contributed by atoms with Crippen LogP contribution in [0.4, 0.5) is 0 Å². The molecule has 0 bridgehead atoms. The first-order chi connectivity index (χ1) is 10.1. The smallest absolute Gasteiger partial charge is 0.221 e. The van der Waals surface area contributed by atoms with Crippen molar-refractivity contribution < 1.29 is 9.53 Å². The Morgan fingerprint density at radius 1 is 1.10 bits per heavy atom. The number of fused-ring (bicyclic) bond motifs is 1. The van der Waals surface area contributed by atoms with E-state index in [1.54, 1.807) is 0 Å². The Labute approximate surface area is 124 Å². The van der Waals surface area contributed by atoms with Crippen molar-refractivity contribution in [3.8, 4) is 5.75 Å². The molecule has 0 spiro atoms. The van der Waals surface area contributed by atoms with E-state index in [9.17, 15) is 4.79 Å². The van der Waals surface area contributed by atoms with Crippen LogP contribution in [-0.2, 0) is 4.79 Å². The summed E-state index contributed by atoms with van der Waals surface area (Å²) in [6, 6.07) is 16.0. The lowest BCUT2D eigenvalue weighted by molar-refractivity contribution is -0.117. The molecule has 3 rings (SSSR count). The Bertz CT molecular complexity index is 714. The van der Waals surface area contributed by atoms with Gasteiger partial charge >= 0.3 is 0 Å². The van der Waals surface area contributed by atoms with E-state index in [0.717, 1.165) is 28.1 Å². The topological polar surface area (TPSA) is 38.3 Å². The zero-order valence-electron chi connectivity index (χ0n) is 12.1. The molecule has 0 unspecified atom stereocenters. The maximum Gasteiger partial charge on any atom is 0.221 e. The normalized spacial score (nSPS) is 13.4. The molecule has 0 radical (unpaired) electrons. The van der Waals surface area contributed by atoms with Crippen molar-refractivity contribution >= 4 is 17.2 Å². The molecule has 0 saturated carbocycles. The van der Waals surface area contributed by atoms with Crippen LogP contribution in [0.25, 0.3) is 11.3 Å². The molecule has 21 heavy (non-hydrogen) atoms. The first kappa shape index (κ1) is 13.4. The largest absolute Gasteiger partial charge is 0.488 e. The zero-order valence-corrected chi connectivity index (χ0v) is 12.1. The van der Waals surface area contributed by atoms with Gasteiger partial charge < -0.3 is 10.1 Å². The predicted molar refractivity (Wildman–Crippen MR) is 83.7 cm³/mol. The second-order valence-electron chi connectivity index (χ2n) is 5.19. The third kappa shape index (κ3) is 2.68. The lowest BCUT2D eigenvalue weighted by Crippen LogP contribution is -2.24. The van der Waals surface area contributed by atoms with Crippen LogP contribution in [0, 0.1) is 6.92 Å². The van der Waals surface area contributed by atoms with Crippen LogP contribution in [0.5, 0.6) is 5.75 Å². The summed E-state index contributed by atoms with van der Waals surface area (Å²) in [6.07, 6.45) is 0. The van der Waals surface area contributed by atoms with Crippen LogP contribution in [-0.4, -0.2) is 12.5 Å². The summed E-state index contributed by atoms with van der Waals surface area (Å²) >= 11 is 0. The van der Waals surface area contributed by atoms with Crippen molar-refractivity contribution in [2.24, 2.45) is 0 Å². The second kappa shape index (κ2) is 5.44. The number of ether oxygens (including phenoxy) is 1. The van der Waals surface area contributed by atoms with Crippen LogP contribution >= 0.6 is 0 Å². The number of hydrogen-bond acceptors (Lipinski definition) is 2. The number of carbonyl (C=O) groups is 1. The number of nitrogens with one attached hydrogen (secondary N) is 1. The fraction of sp³-hybridized carbons (Fsp3) is 0.167. The number of carbonyl (C=O) groups excluding carboxylic acids is 1. The highest BCUT2D eigenvalue weighted by Crippen LogP contribution is 2.35. The van der Waals surface area contributed by atoms with E-state index >= 15 is 0 Å². The Hall–Kier alpha value is -2.55. The minimum absolute atomic E-state index is 0.0775. The summed E-state index contributed by atoms with van der Waals surface area (Å²) in [6.45, 7) is 4.03. The summed E-state index contributed by atoms with van der Waals surface area (Å²) in [4.78, 5) is 11.6. The van der Waals surface area contributed by atoms with Gasteiger partial charge in [-0.25, -0.2) is 0 Å². The van der Waals surface area contributed by atoms with E-state index in [2.05, 4.69) is 36.5 Å². The van der Waals surface area contributed by atoms with Gasteiger partial charge in [0.05, 0.1) is 5.70 Å². The van der Waals surface area contributed by atoms with Gasteiger partial charge in [-0.15, -0.1) is 0 Å². The maximum atomic E-state index is 11.6. The van der Waals surface area contributed by atoms with Crippen molar-refractivity contribution in [2.75, 3.05) is 6.61 Å². The molecule has 2 aromatic carbocycles. The highest BCUT2D eigenvalue weighted by Gasteiger charge is 2.21. The van der Waals surface area contributed by atoms with Crippen LogP contribution < -0.4 is 10.1 Å². The van der Waals surface area contributed by atoms with Gasteiger partial charge in [0.25, 0.3) is 0 Å². The Morgan fingerprint density at radius 2 is 1.81 bits per heavy atom. The van der Waals surface area contributed by atoms with Gasteiger partial charge in [-0.2, -0.15) is 0 Å². The highest BCUT2D eigenvalue weighted by atomic mass is 16.5. The fourth-order valence-electron chi connectivity index (χ4n) is 2.48. The summed E-state index contributed by atoms with van der Waals surface area (Å²) < 4.78 is 5.82. The van der Waals surface area contributed by atoms with Crippen LogP contribution in [0.2, 0.25) is 0 Å². The molecular weight excluding hydrogens is 262 g/mol. The molecule has 106 valence electrons. The average molecular weight is 279 g/mol. The van der Waals surface area contributed by atoms with E-state index in [1.165, 1.54) is 12.5 Å². The molecule has 0 aromatic heterocycles. The van der Waals surface area contributed by atoms with E-state index in [4.69, 9.17) is 4.74 Å². The molecule has 0 atom stereocenters. The summed E-state index contributed by atoms with van der Waals surface area (Å²) in [5, 5.41) is 2.96. The molecule has 1 aliphatic heterocycles. The lowest BCUT2D eigenvalue weighted by atomic mass is 9.96. The first-order valence-electron chi connectivity index (χ1n) is 6.95. The predicted octanol–water partition coefficient (Wildman–Crippen LogP) is 3.39. The van der Waals surface area contributed by atoms with Crippen LogP contribution in [0.1, 0.15) is 23.6 Å². The van der Waals surface area contributed by atoms with Crippen molar-refractivity contribution in [3.05, 3.63) is 65.2 Å². The van der Waals surface area contributed by atoms with E-state index in [1.807, 2.05) is 24.3 Å². The number of benzene rings is 2. The highest BCUT2D eigenvalue weighted by molar-refractivity contribution is 5.99. The van der Waals surface area contributed by atoms with Gasteiger partial charge in [-0.3, -0.25) is 4.79 Å². The lowest BCUT2D eigenvalue weighted by Gasteiger charge is -2.24. The van der Waals surface area contributed by atoms with Gasteiger partial charge in [0.2, 0.25) is 5.91 Å². The van der Waals surface area contributed by atoms with E-state index in [0.29, 0.717) is 6.61 Å². The molecule has 1 heterocycles. The molecule has 1 N–H and O–H groups in total. The van der Waals surface area contributed by atoms with Crippen LogP contribution in [0.15, 0.2) is 48.5 Å². The minimum atomic E-state index is -0.0775. The van der Waals surface area contributed by atoms with E-state index in [-0.39, 0.29) is 5.91 Å². The van der Waals surface area contributed by atoms with Crippen molar-refractivity contribution in [2.45, 2.75) is 13.8 Å². The zero-order chi connectivity index (χ0) is 14.8. The van der Waals surface area contributed by atoms with Crippen LogP contribution in [0.3, 0.4) is 0 Å². The van der Waals surface area contributed by atoms with E-state index < -0.39 is 0 Å². The van der Waals surface area contributed by atoms with Crippen molar-refractivity contribution in [1.82, 2.24) is 5.32 Å². The average Bonchev–Trinajstić information content (AvgIpc) is 2.48. The number of rotatable bonds is 2. The Morgan fingerprint density at radius 3 is 2.52 bits per heavy atom. The Balaban J connectivity index is 2.15. The standard InChI is InChI=1S/C18H17NO2/c1-12-7-9-14(10-8-12)16-11-21-17-6-4-3-5-15(17)18(16)19-13(2)20/h3-10H,11H2,1-2H3,(H,19,20). The third-order valence-electron chi connectivity index (χ3n) is 3.53. The first-order valence-corrected chi connectivity index (χ1v) is 6.95. The summed E-state index contributed by atoms with van der Waals surface area (Å²) in [5.74, 6) is 0.725. The number of para-hydroxylation sites is 1. The third-order valence-corrected chi connectivity index (χ3v) is 3.53. The Kier molecular flexibility index (Phi) is 3.48. The van der Waals surface area contributed by atoms with Gasteiger partial charge in [-0.05, 0) is 24.6 Å². The molecular formula is C18H17NO2. The van der Waals surface area contributed by atoms with Crippen molar-refractivity contribution in [3.63, 3.8) is 0 Å².